The molecule has 40 heavy (non-hydrogen) atoms. The van der Waals surface area contributed by atoms with E-state index in [9.17, 15) is 0 Å². The van der Waals surface area contributed by atoms with Gasteiger partial charge in [0.05, 0.1) is 16.6 Å². The third kappa shape index (κ3) is 3.67. The molecule has 196 valence electrons. The van der Waals surface area contributed by atoms with Gasteiger partial charge in [-0.05, 0) is 79.6 Å². The molecule has 0 amide bonds. The Morgan fingerprint density at radius 3 is 2.33 bits per heavy atom. The predicted octanol–water partition coefficient (Wildman–Crippen LogP) is 10.5. The van der Waals surface area contributed by atoms with Crippen LogP contribution in [0, 0.1) is 0 Å². The molecule has 1 N–H and O–H groups in total. The third-order valence-corrected chi connectivity index (χ3v) is 9.29. The summed E-state index contributed by atoms with van der Waals surface area (Å²) in [7, 11) is 0. The number of nitrogens with one attached hydrogen (secondary N) is 1. The Morgan fingerprint density at radius 1 is 0.700 bits per heavy atom. The van der Waals surface area contributed by atoms with Crippen LogP contribution in [-0.2, 0) is 5.41 Å². The van der Waals surface area contributed by atoms with Gasteiger partial charge in [0.25, 0.3) is 0 Å². The topological polar surface area (TPSA) is 29.9 Å². The van der Waals surface area contributed by atoms with Crippen LogP contribution in [0.3, 0.4) is 0 Å². The monoisotopic (exact) mass is 537 g/mol. The van der Waals surface area contributed by atoms with Crippen LogP contribution in [-0.4, -0.2) is 9.55 Å². The lowest BCUT2D eigenvalue weighted by atomic mass is 9.74. The number of anilines is 2. The minimum absolute atomic E-state index is 0.108. The summed E-state index contributed by atoms with van der Waals surface area (Å²) in [6.45, 7) is 8.65. The van der Waals surface area contributed by atoms with E-state index in [4.69, 9.17) is 4.98 Å². The van der Waals surface area contributed by atoms with Crippen LogP contribution in [0.2, 0.25) is 0 Å². The minimum Gasteiger partial charge on any atom is -0.355 e. The molecular formula is C36H31N3S. The first kappa shape index (κ1) is 24.6. The molecule has 8 rings (SSSR count). The molecule has 0 spiro atoms. The number of thiophene rings is 1. The smallest absolute Gasteiger partial charge is 0.0963 e. The van der Waals surface area contributed by atoms with E-state index in [1.54, 1.807) is 0 Å². The first-order valence-electron chi connectivity index (χ1n) is 13.8. The van der Waals surface area contributed by atoms with Crippen molar-refractivity contribution in [1.82, 2.24) is 9.55 Å². The van der Waals surface area contributed by atoms with E-state index in [1.165, 1.54) is 53.6 Å². The summed E-state index contributed by atoms with van der Waals surface area (Å²) in [6, 6.07) is 33.1. The zero-order valence-electron chi connectivity index (χ0n) is 23.2. The van der Waals surface area contributed by atoms with Gasteiger partial charge in [-0.1, -0.05) is 62.4 Å². The van der Waals surface area contributed by atoms with Gasteiger partial charge in [-0.25, -0.2) is 0 Å². The molecule has 0 bridgehead atoms. The Balaban J connectivity index is 0.000000623. The van der Waals surface area contributed by atoms with Crippen molar-refractivity contribution in [2.24, 2.45) is 0 Å². The molecule has 3 nitrogen and oxygen atoms in total. The maximum Gasteiger partial charge on any atom is 0.0963 e. The molecule has 4 aromatic carbocycles. The number of allylic oxidation sites excluding steroid dienone is 2. The Labute approximate surface area is 238 Å². The summed E-state index contributed by atoms with van der Waals surface area (Å²) in [4.78, 5) is 4.84. The van der Waals surface area contributed by atoms with Crippen molar-refractivity contribution >= 4 is 64.8 Å². The number of hydrogen-bond acceptors (Lipinski definition) is 3. The third-order valence-electron chi connectivity index (χ3n) is 8.16. The second kappa shape index (κ2) is 9.35. The van der Waals surface area contributed by atoms with Crippen LogP contribution in [0.5, 0.6) is 0 Å². The van der Waals surface area contributed by atoms with Crippen molar-refractivity contribution in [3.05, 3.63) is 120 Å². The quantitative estimate of drug-likeness (QED) is 0.211. The normalized spacial score (nSPS) is 13.8. The Morgan fingerprint density at radius 2 is 1.48 bits per heavy atom. The highest BCUT2D eigenvalue weighted by Crippen LogP contribution is 2.46. The van der Waals surface area contributed by atoms with Crippen LogP contribution in [0.4, 0.5) is 11.4 Å². The lowest BCUT2D eigenvalue weighted by Crippen LogP contribution is -2.26. The highest BCUT2D eigenvalue weighted by atomic mass is 32.1. The van der Waals surface area contributed by atoms with Crippen LogP contribution in [0.1, 0.15) is 38.8 Å². The van der Waals surface area contributed by atoms with Gasteiger partial charge >= 0.3 is 0 Å². The van der Waals surface area contributed by atoms with E-state index in [-0.39, 0.29) is 5.41 Å². The Hall–Kier alpha value is -4.41. The summed E-state index contributed by atoms with van der Waals surface area (Å²) in [5.74, 6) is 0. The van der Waals surface area contributed by atoms with Gasteiger partial charge in [-0.3, -0.25) is 4.98 Å². The van der Waals surface area contributed by atoms with Crippen molar-refractivity contribution in [1.29, 1.82) is 0 Å². The Kier molecular flexibility index (Phi) is 5.76. The summed E-state index contributed by atoms with van der Waals surface area (Å²) in [5.41, 5.74) is 9.43. The zero-order valence-corrected chi connectivity index (χ0v) is 24.0. The average molecular weight is 538 g/mol. The molecule has 0 atom stereocenters. The van der Waals surface area contributed by atoms with E-state index >= 15 is 0 Å². The number of fused-ring (bicyclic) bond motifs is 8. The first-order chi connectivity index (χ1) is 19.5. The molecule has 4 heteroatoms. The largest absolute Gasteiger partial charge is 0.355 e. The number of nitrogens with zero attached hydrogens (tertiary/aromatic N) is 2. The van der Waals surface area contributed by atoms with Crippen LogP contribution >= 0.6 is 11.3 Å². The maximum atomic E-state index is 4.84. The van der Waals surface area contributed by atoms with E-state index in [0.717, 1.165) is 16.7 Å². The molecule has 1 aliphatic heterocycles. The molecule has 3 aromatic heterocycles. The lowest BCUT2D eigenvalue weighted by molar-refractivity contribution is 0.637. The molecule has 1 aliphatic rings. The van der Waals surface area contributed by atoms with E-state index in [0.29, 0.717) is 0 Å². The summed E-state index contributed by atoms with van der Waals surface area (Å²) in [6.07, 6.45) is 5.90. The van der Waals surface area contributed by atoms with Crippen molar-refractivity contribution in [3.8, 4) is 5.69 Å². The number of aromatic nitrogens is 2. The molecule has 0 fully saturated rings. The van der Waals surface area contributed by atoms with Crippen LogP contribution in [0.15, 0.2) is 109 Å². The fourth-order valence-electron chi connectivity index (χ4n) is 6.05. The fourth-order valence-corrected chi connectivity index (χ4v) is 7.17. The summed E-state index contributed by atoms with van der Waals surface area (Å²) < 4.78 is 5.02. The van der Waals surface area contributed by atoms with Gasteiger partial charge < -0.3 is 9.88 Å². The van der Waals surface area contributed by atoms with Gasteiger partial charge in [-0.15, -0.1) is 11.3 Å². The molecule has 0 saturated heterocycles. The van der Waals surface area contributed by atoms with Gasteiger partial charge in [0.1, 0.15) is 0 Å². The second-order valence-electron chi connectivity index (χ2n) is 10.9. The standard InChI is InChI=1S/C32H23N3S.C4H8/c1-32(2)23-9-4-5-10-25(23)34-26-14-13-19(16-24(26)32)35-27-11-7-15-33-31(27)22-17-21-20-8-3-6-12-29(20)36-30(21)18-28(22)35;1-3-4-2/h3-18,34H,1-2H3;3-4H,1-2H3/b;4-3-. The predicted molar refractivity (Wildman–Crippen MR) is 174 cm³/mol. The fraction of sp³-hybridized carbons (Fsp3) is 0.139. The Bertz CT molecular complexity index is 2090. The molecule has 0 radical (unpaired) electrons. The number of benzene rings is 4. The molecule has 7 aromatic rings. The molecule has 0 unspecified atom stereocenters. The van der Waals surface area contributed by atoms with Gasteiger partial charge in [0, 0.05) is 54.2 Å². The highest BCUT2D eigenvalue weighted by molar-refractivity contribution is 7.25. The van der Waals surface area contributed by atoms with Gasteiger partial charge in [-0.2, -0.15) is 0 Å². The SMILES string of the molecule is C/C=C\C.CC1(C)c2ccccc2Nc2ccc(-n3c4cc5sc6ccccc6c5cc4c4ncccc43)cc21. The number of para-hydroxylation sites is 1. The van der Waals surface area contributed by atoms with Crippen molar-refractivity contribution in [3.63, 3.8) is 0 Å². The zero-order chi connectivity index (χ0) is 27.4. The number of rotatable bonds is 1. The summed E-state index contributed by atoms with van der Waals surface area (Å²) >= 11 is 1.86. The van der Waals surface area contributed by atoms with E-state index in [1.807, 2.05) is 49.6 Å². The van der Waals surface area contributed by atoms with Crippen LogP contribution in [0.25, 0.3) is 47.8 Å². The molecule has 0 aliphatic carbocycles. The second-order valence-corrected chi connectivity index (χ2v) is 11.9. The molecule has 0 saturated carbocycles. The highest BCUT2D eigenvalue weighted by Gasteiger charge is 2.32. The first-order valence-corrected chi connectivity index (χ1v) is 14.6. The summed E-state index contributed by atoms with van der Waals surface area (Å²) in [5, 5.41) is 7.48. The van der Waals surface area contributed by atoms with E-state index < -0.39 is 0 Å². The van der Waals surface area contributed by atoms with Crippen molar-refractivity contribution < 1.29 is 0 Å². The van der Waals surface area contributed by atoms with Crippen LogP contribution < -0.4 is 5.32 Å². The average Bonchev–Trinajstić information content (AvgIpc) is 3.51. The molecular weight excluding hydrogens is 506 g/mol. The van der Waals surface area contributed by atoms with Crippen molar-refractivity contribution in [2.75, 3.05) is 5.32 Å². The van der Waals surface area contributed by atoms with Gasteiger partial charge in [0.2, 0.25) is 0 Å². The lowest BCUT2D eigenvalue weighted by Gasteiger charge is -2.36. The number of hydrogen-bond donors (Lipinski definition) is 1. The molecule has 4 heterocycles. The maximum absolute atomic E-state index is 4.84. The van der Waals surface area contributed by atoms with Crippen molar-refractivity contribution in [2.45, 2.75) is 33.1 Å². The minimum atomic E-state index is -0.108. The van der Waals surface area contributed by atoms with E-state index in [2.05, 4.69) is 109 Å². The van der Waals surface area contributed by atoms with Gasteiger partial charge in [0.15, 0.2) is 0 Å². The number of pyridine rings is 1.